The van der Waals surface area contributed by atoms with Crippen molar-refractivity contribution in [2.45, 2.75) is 19.4 Å². The number of hydrogen-bond donors (Lipinski definition) is 1. The summed E-state index contributed by atoms with van der Waals surface area (Å²) < 4.78 is 6.51. The van der Waals surface area contributed by atoms with Crippen molar-refractivity contribution in [2.24, 2.45) is 5.73 Å². The smallest absolute Gasteiger partial charge is 0.408 e. The van der Waals surface area contributed by atoms with E-state index in [1.807, 2.05) is 0 Å². The van der Waals surface area contributed by atoms with Crippen LogP contribution < -0.4 is 16.4 Å². The zero-order valence-corrected chi connectivity index (χ0v) is 14.0. The van der Waals surface area contributed by atoms with Crippen LogP contribution in [0.25, 0.3) is 11.1 Å². The van der Waals surface area contributed by atoms with Crippen molar-refractivity contribution in [3.05, 3.63) is 64.1 Å². The zero-order chi connectivity index (χ0) is 18.3. The number of carbonyl (C=O) groups excluding carboxylic acids is 2. The van der Waals surface area contributed by atoms with Gasteiger partial charge in [0.05, 0.1) is 5.52 Å². The number of aromatic nitrogens is 1. The maximum Gasteiger partial charge on any atom is 0.420 e. The predicted molar refractivity (Wildman–Crippen MR) is 96.1 cm³/mol. The van der Waals surface area contributed by atoms with Crippen LogP contribution in [0.2, 0.25) is 0 Å². The highest BCUT2D eigenvalue weighted by Gasteiger charge is 2.26. The summed E-state index contributed by atoms with van der Waals surface area (Å²) in [5.74, 6) is -1.31. The largest absolute Gasteiger partial charge is 0.420 e. The molecule has 2 amide bonds. The molecule has 1 aliphatic rings. The second-order valence-electron chi connectivity index (χ2n) is 6.24. The normalized spacial score (nSPS) is 13.6. The van der Waals surface area contributed by atoms with Crippen LogP contribution in [0, 0.1) is 0 Å². The minimum Gasteiger partial charge on any atom is -0.408 e. The molecule has 0 saturated carbocycles. The third-order valence-electron chi connectivity index (χ3n) is 4.68. The van der Waals surface area contributed by atoms with Gasteiger partial charge in [-0.1, -0.05) is 18.2 Å². The van der Waals surface area contributed by atoms with Gasteiger partial charge in [0.15, 0.2) is 5.58 Å². The van der Waals surface area contributed by atoms with Gasteiger partial charge in [-0.2, -0.15) is 0 Å². The molecule has 3 aromatic rings. The first kappa shape index (κ1) is 16.1. The molecule has 0 bridgehead atoms. The van der Waals surface area contributed by atoms with Gasteiger partial charge in [-0.3, -0.25) is 14.2 Å². The van der Waals surface area contributed by atoms with Gasteiger partial charge in [0.2, 0.25) is 11.8 Å². The molecule has 1 aliphatic heterocycles. The number of primary amides is 1. The maximum atomic E-state index is 12.9. The van der Waals surface area contributed by atoms with Crippen LogP contribution in [0.1, 0.15) is 22.3 Å². The Labute approximate surface area is 148 Å². The second-order valence-corrected chi connectivity index (χ2v) is 6.24. The molecule has 26 heavy (non-hydrogen) atoms. The average molecular weight is 351 g/mol. The van der Waals surface area contributed by atoms with E-state index in [1.165, 1.54) is 4.57 Å². The predicted octanol–water partition coefficient (Wildman–Crippen LogP) is 1.67. The van der Waals surface area contributed by atoms with Gasteiger partial charge in [0.25, 0.3) is 0 Å². The molecule has 7 heteroatoms. The molecular formula is C19H17N3O4. The number of nitrogens with zero attached hydrogens (tertiary/aromatic N) is 2. The van der Waals surface area contributed by atoms with Crippen molar-refractivity contribution < 1.29 is 14.0 Å². The van der Waals surface area contributed by atoms with Gasteiger partial charge < -0.3 is 15.1 Å². The number of oxazole rings is 1. The number of benzene rings is 2. The third-order valence-corrected chi connectivity index (χ3v) is 4.68. The number of nitrogens with two attached hydrogens (primary N) is 1. The molecule has 7 nitrogen and oxygen atoms in total. The molecule has 0 unspecified atom stereocenters. The van der Waals surface area contributed by atoms with Crippen molar-refractivity contribution in [1.29, 1.82) is 0 Å². The Morgan fingerprint density at radius 1 is 1.12 bits per heavy atom. The Hall–Kier alpha value is -3.35. The van der Waals surface area contributed by atoms with Gasteiger partial charge in [-0.25, -0.2) is 4.79 Å². The minimum absolute atomic E-state index is 0.129. The fourth-order valence-electron chi connectivity index (χ4n) is 3.50. The lowest BCUT2D eigenvalue weighted by atomic mass is 9.96. The van der Waals surface area contributed by atoms with Gasteiger partial charge >= 0.3 is 5.76 Å². The van der Waals surface area contributed by atoms with E-state index in [0.717, 1.165) is 12.0 Å². The van der Waals surface area contributed by atoms with E-state index in [2.05, 4.69) is 0 Å². The quantitative estimate of drug-likeness (QED) is 0.776. The van der Waals surface area contributed by atoms with Crippen LogP contribution in [-0.2, 0) is 17.8 Å². The molecule has 0 fully saturated rings. The monoisotopic (exact) mass is 351 g/mol. The van der Waals surface area contributed by atoms with Gasteiger partial charge in [-0.15, -0.1) is 0 Å². The summed E-state index contributed by atoms with van der Waals surface area (Å²) in [6.45, 7) is 0.397. The van der Waals surface area contributed by atoms with E-state index >= 15 is 0 Å². The van der Waals surface area contributed by atoms with Gasteiger partial charge in [0, 0.05) is 17.8 Å². The fourth-order valence-corrected chi connectivity index (χ4v) is 3.50. The van der Waals surface area contributed by atoms with E-state index in [-0.39, 0.29) is 12.5 Å². The zero-order valence-electron chi connectivity index (χ0n) is 14.0. The van der Waals surface area contributed by atoms with Gasteiger partial charge in [0.1, 0.15) is 6.54 Å². The van der Waals surface area contributed by atoms with Crippen molar-refractivity contribution in [1.82, 2.24) is 4.57 Å². The summed E-state index contributed by atoms with van der Waals surface area (Å²) in [5.41, 5.74) is 8.37. The Balaban J connectivity index is 1.70. The summed E-state index contributed by atoms with van der Waals surface area (Å²) in [6.07, 6.45) is 1.41. The lowest BCUT2D eigenvalue weighted by molar-refractivity contribution is -0.119. The highest BCUT2D eigenvalue weighted by atomic mass is 16.4. The SMILES string of the molecule is NC(=O)c1cccc2c1CCCN2C(=O)Cn1c(=O)oc2ccccc21. The number of anilines is 1. The average Bonchev–Trinajstić information content (AvgIpc) is 2.96. The van der Waals surface area contributed by atoms with Crippen LogP contribution in [0.15, 0.2) is 51.7 Å². The van der Waals surface area contributed by atoms with Crippen molar-refractivity contribution in [3.8, 4) is 0 Å². The standard InChI is InChI=1S/C19H17N3O4/c20-18(24)13-5-3-8-14-12(13)6-4-10-21(14)17(23)11-22-15-7-1-2-9-16(15)26-19(22)25/h1-3,5,7-9H,4,6,10-11H2,(H2,20,24). The van der Waals surface area contributed by atoms with E-state index in [4.69, 9.17) is 10.2 Å². The molecule has 0 saturated heterocycles. The molecule has 4 rings (SSSR count). The number of hydrogen-bond acceptors (Lipinski definition) is 4. The number of fused-ring (bicyclic) bond motifs is 2. The summed E-state index contributed by atoms with van der Waals surface area (Å²) in [5, 5.41) is 0. The Bertz CT molecular complexity index is 1080. The molecular weight excluding hydrogens is 334 g/mol. The van der Waals surface area contributed by atoms with E-state index < -0.39 is 11.7 Å². The number of para-hydroxylation sites is 2. The molecule has 132 valence electrons. The summed E-state index contributed by atoms with van der Waals surface area (Å²) in [7, 11) is 0. The summed E-state index contributed by atoms with van der Waals surface area (Å²) in [4.78, 5) is 38.3. The first-order chi connectivity index (χ1) is 12.6. The highest BCUT2D eigenvalue weighted by Crippen LogP contribution is 2.30. The lowest BCUT2D eigenvalue weighted by Gasteiger charge is -2.30. The molecule has 0 atom stereocenters. The number of amides is 2. The first-order valence-electron chi connectivity index (χ1n) is 8.36. The van der Waals surface area contributed by atoms with E-state index in [9.17, 15) is 14.4 Å². The summed E-state index contributed by atoms with van der Waals surface area (Å²) in [6, 6.07) is 12.2. The van der Waals surface area contributed by atoms with Crippen LogP contribution in [0.3, 0.4) is 0 Å². The van der Waals surface area contributed by atoms with Crippen molar-refractivity contribution in [2.75, 3.05) is 11.4 Å². The van der Waals surface area contributed by atoms with E-state index in [1.54, 1.807) is 47.4 Å². The van der Waals surface area contributed by atoms with Crippen LogP contribution in [0.4, 0.5) is 5.69 Å². The summed E-state index contributed by atoms with van der Waals surface area (Å²) >= 11 is 0. The van der Waals surface area contributed by atoms with Gasteiger partial charge in [-0.05, 0) is 42.7 Å². The fraction of sp³-hybridized carbons (Fsp3) is 0.211. The Morgan fingerprint density at radius 2 is 1.92 bits per heavy atom. The molecule has 2 N–H and O–H groups in total. The first-order valence-corrected chi connectivity index (χ1v) is 8.36. The molecule has 2 heterocycles. The van der Waals surface area contributed by atoms with Crippen molar-refractivity contribution >= 4 is 28.6 Å². The minimum atomic E-state index is -0.567. The van der Waals surface area contributed by atoms with Crippen LogP contribution >= 0.6 is 0 Å². The van der Waals surface area contributed by atoms with Crippen LogP contribution in [0.5, 0.6) is 0 Å². The van der Waals surface area contributed by atoms with Crippen LogP contribution in [-0.4, -0.2) is 22.9 Å². The number of rotatable bonds is 3. The molecule has 0 aliphatic carbocycles. The third kappa shape index (κ3) is 2.57. The molecule has 1 aromatic heterocycles. The second kappa shape index (κ2) is 6.18. The topological polar surface area (TPSA) is 98.5 Å². The van der Waals surface area contributed by atoms with E-state index in [0.29, 0.717) is 35.3 Å². The lowest BCUT2D eigenvalue weighted by Crippen LogP contribution is -2.39. The maximum absolute atomic E-state index is 12.9. The van der Waals surface area contributed by atoms with Crippen molar-refractivity contribution in [3.63, 3.8) is 0 Å². The Kier molecular flexibility index (Phi) is 3.84. The molecule has 2 aromatic carbocycles. The molecule has 0 spiro atoms. The Morgan fingerprint density at radius 3 is 2.73 bits per heavy atom. The molecule has 0 radical (unpaired) electrons. The number of carbonyl (C=O) groups is 2. The highest BCUT2D eigenvalue weighted by molar-refractivity contribution is 6.00.